The minimum absolute atomic E-state index is 0.544. The van der Waals surface area contributed by atoms with Crippen LogP contribution in [-0.4, -0.2) is 26.3 Å². The van der Waals surface area contributed by atoms with Crippen molar-refractivity contribution in [1.29, 1.82) is 5.26 Å². The second-order valence-corrected chi connectivity index (χ2v) is 5.38. The van der Waals surface area contributed by atoms with Gasteiger partial charge in [-0.2, -0.15) is 5.26 Å². The molecule has 0 N–H and O–H groups in total. The monoisotopic (exact) mass is 258 g/mol. The minimum atomic E-state index is 0.544. The number of ether oxygens (including phenoxy) is 1. The van der Waals surface area contributed by atoms with Gasteiger partial charge in [0, 0.05) is 25.4 Å². The predicted octanol–water partition coefficient (Wildman–Crippen LogP) is 3.12. The molecule has 0 saturated heterocycles. The molecule has 1 aliphatic rings. The van der Waals surface area contributed by atoms with Gasteiger partial charge in [-0.1, -0.05) is 0 Å². The Hall–Kier alpha value is -1.53. The number of nitriles is 1. The Morgan fingerprint density at radius 2 is 2.21 bits per heavy atom. The summed E-state index contributed by atoms with van der Waals surface area (Å²) >= 11 is 0. The zero-order valence-corrected chi connectivity index (χ0v) is 12.0. The average Bonchev–Trinajstić information content (AvgIpc) is 3.23. The van der Waals surface area contributed by atoms with Crippen LogP contribution in [0, 0.1) is 24.2 Å². The van der Waals surface area contributed by atoms with E-state index >= 15 is 0 Å². The maximum Gasteiger partial charge on any atom is 0.0994 e. The molecule has 0 radical (unpaired) electrons. The van der Waals surface area contributed by atoms with Crippen molar-refractivity contribution in [3.05, 3.63) is 29.3 Å². The fourth-order valence-electron chi connectivity index (χ4n) is 2.54. The van der Waals surface area contributed by atoms with Crippen LogP contribution in [0.15, 0.2) is 18.2 Å². The molecule has 1 aromatic rings. The number of benzene rings is 1. The van der Waals surface area contributed by atoms with Crippen molar-refractivity contribution in [2.45, 2.75) is 32.7 Å². The van der Waals surface area contributed by atoms with E-state index in [1.807, 2.05) is 13.0 Å². The summed E-state index contributed by atoms with van der Waals surface area (Å²) in [5, 5.41) is 9.01. The maximum atomic E-state index is 9.01. The van der Waals surface area contributed by atoms with Gasteiger partial charge in [0.25, 0.3) is 0 Å². The Morgan fingerprint density at radius 1 is 1.47 bits per heavy atom. The summed E-state index contributed by atoms with van der Waals surface area (Å²) in [4.78, 5) is 2.41. The van der Waals surface area contributed by atoms with Crippen LogP contribution in [-0.2, 0) is 4.74 Å². The van der Waals surface area contributed by atoms with Gasteiger partial charge in [-0.15, -0.1) is 0 Å². The first-order valence-electron chi connectivity index (χ1n) is 6.93. The topological polar surface area (TPSA) is 36.3 Å². The molecule has 1 saturated carbocycles. The highest BCUT2D eigenvalue weighted by molar-refractivity contribution is 5.54. The number of nitrogens with zero attached hydrogens (tertiary/aromatic N) is 2. The van der Waals surface area contributed by atoms with Crippen molar-refractivity contribution in [3.63, 3.8) is 0 Å². The first-order chi connectivity index (χ1) is 9.17. The summed E-state index contributed by atoms with van der Waals surface area (Å²) in [6.45, 7) is 5.93. The molecular formula is C16H22N2O. The molecule has 1 atom stereocenters. The molecular weight excluding hydrogens is 236 g/mol. The Balaban J connectivity index is 2.21. The zero-order valence-electron chi connectivity index (χ0n) is 12.0. The number of rotatable bonds is 6. The van der Waals surface area contributed by atoms with Crippen molar-refractivity contribution in [2.75, 3.05) is 25.2 Å². The molecule has 3 nitrogen and oxygen atoms in total. The molecule has 0 aliphatic heterocycles. The highest BCUT2D eigenvalue weighted by Crippen LogP contribution is 2.37. The lowest BCUT2D eigenvalue weighted by Gasteiger charge is -2.31. The van der Waals surface area contributed by atoms with E-state index in [9.17, 15) is 0 Å². The molecule has 1 aliphatic carbocycles. The van der Waals surface area contributed by atoms with Crippen molar-refractivity contribution in [2.24, 2.45) is 5.92 Å². The lowest BCUT2D eigenvalue weighted by Crippen LogP contribution is -2.37. The van der Waals surface area contributed by atoms with Crippen LogP contribution in [0.4, 0.5) is 5.69 Å². The van der Waals surface area contributed by atoms with Crippen LogP contribution in [0.1, 0.15) is 30.9 Å². The zero-order chi connectivity index (χ0) is 13.8. The quantitative estimate of drug-likeness (QED) is 0.786. The molecule has 1 unspecified atom stereocenters. The molecule has 0 amide bonds. The van der Waals surface area contributed by atoms with Crippen LogP contribution in [0.25, 0.3) is 0 Å². The van der Waals surface area contributed by atoms with E-state index in [2.05, 4.69) is 30.0 Å². The van der Waals surface area contributed by atoms with Crippen LogP contribution in [0.3, 0.4) is 0 Å². The summed E-state index contributed by atoms with van der Waals surface area (Å²) in [5.74, 6) is 0.813. The number of methoxy groups -OCH3 is 1. The molecule has 3 heteroatoms. The maximum absolute atomic E-state index is 9.01. The summed E-state index contributed by atoms with van der Waals surface area (Å²) in [6.07, 6.45) is 2.67. The van der Waals surface area contributed by atoms with Crippen LogP contribution < -0.4 is 4.90 Å². The van der Waals surface area contributed by atoms with Gasteiger partial charge < -0.3 is 9.64 Å². The second-order valence-electron chi connectivity index (χ2n) is 5.38. The van der Waals surface area contributed by atoms with Crippen LogP contribution >= 0.6 is 0 Å². The predicted molar refractivity (Wildman–Crippen MR) is 77.3 cm³/mol. The van der Waals surface area contributed by atoms with Gasteiger partial charge in [0.15, 0.2) is 0 Å². The normalized spacial score (nSPS) is 15.9. The molecule has 0 bridgehead atoms. The van der Waals surface area contributed by atoms with E-state index in [0.29, 0.717) is 6.04 Å². The molecule has 1 fully saturated rings. The fraction of sp³-hybridized carbons (Fsp3) is 0.562. The number of hydrogen-bond donors (Lipinski definition) is 0. The molecule has 2 rings (SSSR count). The van der Waals surface area contributed by atoms with Crippen molar-refractivity contribution >= 4 is 5.69 Å². The van der Waals surface area contributed by atoms with Crippen LogP contribution in [0.5, 0.6) is 0 Å². The minimum Gasteiger partial charge on any atom is -0.383 e. The highest BCUT2D eigenvalue weighted by Gasteiger charge is 2.32. The Bertz CT molecular complexity index is 474. The summed E-state index contributed by atoms with van der Waals surface area (Å²) < 4.78 is 5.23. The van der Waals surface area contributed by atoms with Crippen molar-refractivity contribution in [1.82, 2.24) is 0 Å². The molecule has 19 heavy (non-hydrogen) atoms. The highest BCUT2D eigenvalue weighted by atomic mass is 16.5. The van der Waals surface area contributed by atoms with Gasteiger partial charge in [0.1, 0.15) is 0 Å². The summed E-state index contributed by atoms with van der Waals surface area (Å²) in [7, 11) is 1.74. The van der Waals surface area contributed by atoms with Crippen molar-refractivity contribution < 1.29 is 4.74 Å². The van der Waals surface area contributed by atoms with Gasteiger partial charge in [0.05, 0.1) is 18.2 Å². The summed E-state index contributed by atoms with van der Waals surface area (Å²) in [5.41, 5.74) is 3.01. The third kappa shape index (κ3) is 3.27. The Kier molecular flexibility index (Phi) is 4.44. The largest absolute Gasteiger partial charge is 0.383 e. The molecule has 0 spiro atoms. The van der Waals surface area contributed by atoms with Gasteiger partial charge >= 0.3 is 0 Å². The van der Waals surface area contributed by atoms with Crippen LogP contribution in [0.2, 0.25) is 0 Å². The lowest BCUT2D eigenvalue weighted by atomic mass is 10.1. The molecule has 0 aromatic heterocycles. The fourth-order valence-corrected chi connectivity index (χ4v) is 2.54. The van der Waals surface area contributed by atoms with Gasteiger partial charge in [0.2, 0.25) is 0 Å². The van der Waals surface area contributed by atoms with Gasteiger partial charge in [-0.05, 0) is 56.4 Å². The molecule has 102 valence electrons. The number of aryl methyl sites for hydroxylation is 1. The third-order valence-electron chi connectivity index (χ3n) is 3.99. The van der Waals surface area contributed by atoms with Gasteiger partial charge in [-0.3, -0.25) is 0 Å². The Labute approximate surface area is 115 Å². The lowest BCUT2D eigenvalue weighted by molar-refractivity contribution is 0.202. The SMILES string of the molecule is COCCN(c1ccc(C#N)c(C)c1)C(C)C1CC1. The summed E-state index contributed by atoms with van der Waals surface area (Å²) in [6, 6.07) is 8.86. The van der Waals surface area contributed by atoms with E-state index in [4.69, 9.17) is 10.00 Å². The number of hydrogen-bond acceptors (Lipinski definition) is 3. The van der Waals surface area contributed by atoms with E-state index in [1.54, 1.807) is 7.11 Å². The molecule has 0 heterocycles. The molecule has 1 aromatic carbocycles. The van der Waals surface area contributed by atoms with Crippen molar-refractivity contribution in [3.8, 4) is 6.07 Å². The van der Waals surface area contributed by atoms with Gasteiger partial charge in [-0.25, -0.2) is 0 Å². The van der Waals surface area contributed by atoms with E-state index in [-0.39, 0.29) is 0 Å². The Morgan fingerprint density at radius 3 is 2.74 bits per heavy atom. The first-order valence-corrected chi connectivity index (χ1v) is 6.93. The average molecular weight is 258 g/mol. The third-order valence-corrected chi connectivity index (χ3v) is 3.99. The van der Waals surface area contributed by atoms with E-state index in [0.717, 1.165) is 30.2 Å². The van der Waals surface area contributed by atoms with E-state index < -0.39 is 0 Å². The standard InChI is InChI=1S/C16H22N2O/c1-12-10-16(7-6-15(12)11-17)18(8-9-19-3)13(2)14-4-5-14/h6-7,10,13-14H,4-5,8-9H2,1-3H3. The number of anilines is 1. The first kappa shape index (κ1) is 13.9. The van der Waals surface area contributed by atoms with E-state index in [1.165, 1.54) is 18.5 Å². The smallest absolute Gasteiger partial charge is 0.0994 e. The second kappa shape index (κ2) is 6.08.